The topological polar surface area (TPSA) is 29.5 Å². The van der Waals surface area contributed by atoms with E-state index in [1.165, 1.54) is 35.5 Å². The van der Waals surface area contributed by atoms with Gasteiger partial charge in [-0.15, -0.1) is 12.4 Å². The Balaban J connectivity index is 0.00000192. The van der Waals surface area contributed by atoms with E-state index in [-0.39, 0.29) is 18.2 Å². The molecule has 1 aliphatic rings. The van der Waals surface area contributed by atoms with Gasteiger partial charge in [0.1, 0.15) is 5.82 Å². The SMILES string of the molecule is Cl.O=C(OCCCN1CCc2ccccc21)c1ccc(F)cc1. The van der Waals surface area contributed by atoms with Crippen molar-refractivity contribution in [2.45, 2.75) is 12.8 Å². The summed E-state index contributed by atoms with van der Waals surface area (Å²) in [5, 5.41) is 0. The summed E-state index contributed by atoms with van der Waals surface area (Å²) in [5.74, 6) is -0.758. The molecule has 0 N–H and O–H groups in total. The first-order chi connectivity index (χ1) is 10.7. The third-order valence-corrected chi connectivity index (χ3v) is 3.87. The molecule has 3 rings (SSSR count). The first-order valence-electron chi connectivity index (χ1n) is 7.49. The molecule has 0 unspecified atom stereocenters. The van der Waals surface area contributed by atoms with Crippen LogP contribution in [0.2, 0.25) is 0 Å². The number of anilines is 1. The Morgan fingerprint density at radius 2 is 1.87 bits per heavy atom. The Morgan fingerprint density at radius 1 is 1.13 bits per heavy atom. The van der Waals surface area contributed by atoms with Gasteiger partial charge in [0, 0.05) is 18.8 Å². The van der Waals surface area contributed by atoms with Gasteiger partial charge in [0.05, 0.1) is 12.2 Å². The molecule has 5 heteroatoms. The molecule has 0 saturated carbocycles. The predicted molar refractivity (Wildman–Crippen MR) is 90.9 cm³/mol. The summed E-state index contributed by atoms with van der Waals surface area (Å²) in [4.78, 5) is 14.1. The highest BCUT2D eigenvalue weighted by Crippen LogP contribution is 2.27. The Morgan fingerprint density at radius 3 is 2.65 bits per heavy atom. The summed E-state index contributed by atoms with van der Waals surface area (Å²) >= 11 is 0. The quantitative estimate of drug-likeness (QED) is 0.614. The van der Waals surface area contributed by atoms with Crippen molar-refractivity contribution >= 4 is 24.1 Å². The number of hydrogen-bond donors (Lipinski definition) is 0. The van der Waals surface area contributed by atoms with Gasteiger partial charge >= 0.3 is 5.97 Å². The van der Waals surface area contributed by atoms with E-state index < -0.39 is 5.97 Å². The average molecular weight is 336 g/mol. The maximum Gasteiger partial charge on any atom is 0.338 e. The number of halogens is 2. The van der Waals surface area contributed by atoms with Crippen molar-refractivity contribution in [1.29, 1.82) is 0 Å². The van der Waals surface area contributed by atoms with Crippen LogP contribution < -0.4 is 4.90 Å². The first kappa shape index (κ1) is 17.3. The molecule has 0 aromatic heterocycles. The van der Waals surface area contributed by atoms with E-state index in [0.29, 0.717) is 12.2 Å². The minimum atomic E-state index is -0.401. The lowest BCUT2D eigenvalue weighted by atomic mass is 10.2. The molecule has 0 bridgehead atoms. The average Bonchev–Trinajstić information content (AvgIpc) is 2.95. The zero-order valence-corrected chi connectivity index (χ0v) is 13.5. The van der Waals surface area contributed by atoms with Crippen LogP contribution in [0.15, 0.2) is 48.5 Å². The van der Waals surface area contributed by atoms with Gasteiger partial charge in [-0.25, -0.2) is 9.18 Å². The number of nitrogens with zero attached hydrogens (tertiary/aromatic N) is 1. The number of benzene rings is 2. The number of rotatable bonds is 5. The summed E-state index contributed by atoms with van der Waals surface area (Å²) < 4.78 is 18.0. The summed E-state index contributed by atoms with van der Waals surface area (Å²) in [6.45, 7) is 2.26. The molecular weight excluding hydrogens is 317 g/mol. The summed E-state index contributed by atoms with van der Waals surface area (Å²) in [6.07, 6.45) is 1.85. The normalized spacial score (nSPS) is 12.5. The second-order valence-corrected chi connectivity index (χ2v) is 5.36. The van der Waals surface area contributed by atoms with E-state index in [9.17, 15) is 9.18 Å². The minimum absolute atomic E-state index is 0. The van der Waals surface area contributed by atoms with Crippen LogP contribution in [0, 0.1) is 5.82 Å². The number of carbonyl (C=O) groups is 1. The summed E-state index contributed by atoms with van der Waals surface area (Å²) in [5.41, 5.74) is 3.05. The Hall–Kier alpha value is -2.07. The fourth-order valence-electron chi connectivity index (χ4n) is 2.73. The molecule has 0 aliphatic carbocycles. The summed E-state index contributed by atoms with van der Waals surface area (Å²) in [6, 6.07) is 13.8. The molecule has 0 amide bonds. The van der Waals surface area contributed by atoms with Gasteiger partial charge in [-0.2, -0.15) is 0 Å². The van der Waals surface area contributed by atoms with Crippen molar-refractivity contribution < 1.29 is 13.9 Å². The summed E-state index contributed by atoms with van der Waals surface area (Å²) in [7, 11) is 0. The molecule has 0 spiro atoms. The third-order valence-electron chi connectivity index (χ3n) is 3.87. The smallest absolute Gasteiger partial charge is 0.338 e. The van der Waals surface area contributed by atoms with Crippen LogP contribution in [0.1, 0.15) is 22.3 Å². The molecule has 1 aliphatic heterocycles. The molecule has 0 saturated heterocycles. The molecule has 0 atom stereocenters. The highest BCUT2D eigenvalue weighted by molar-refractivity contribution is 5.89. The van der Waals surface area contributed by atoms with Crippen LogP contribution in [0.25, 0.3) is 0 Å². The molecule has 23 heavy (non-hydrogen) atoms. The van der Waals surface area contributed by atoms with E-state index in [2.05, 4.69) is 23.1 Å². The largest absolute Gasteiger partial charge is 0.462 e. The van der Waals surface area contributed by atoms with Gasteiger partial charge < -0.3 is 9.64 Å². The number of esters is 1. The lowest BCUT2D eigenvalue weighted by Gasteiger charge is -2.19. The van der Waals surface area contributed by atoms with Crippen LogP contribution in [-0.4, -0.2) is 25.7 Å². The standard InChI is InChI=1S/C18H18FNO2.ClH/c19-16-8-6-15(7-9-16)18(21)22-13-3-11-20-12-10-14-4-1-2-5-17(14)20;/h1-2,4-9H,3,10-13H2;1H. The van der Waals surface area contributed by atoms with Gasteiger partial charge in [0.15, 0.2) is 0 Å². The number of carbonyl (C=O) groups excluding carboxylic acids is 1. The second kappa shape index (κ2) is 7.97. The molecule has 1 heterocycles. The van der Waals surface area contributed by atoms with E-state index in [1.807, 2.05) is 6.07 Å². The highest BCUT2D eigenvalue weighted by Gasteiger charge is 2.17. The Kier molecular flexibility index (Phi) is 5.99. The van der Waals surface area contributed by atoms with E-state index in [1.54, 1.807) is 0 Å². The van der Waals surface area contributed by atoms with Crippen LogP contribution in [-0.2, 0) is 11.2 Å². The molecule has 122 valence electrons. The van der Waals surface area contributed by atoms with Gasteiger partial charge in [-0.1, -0.05) is 18.2 Å². The van der Waals surface area contributed by atoms with E-state index in [0.717, 1.165) is 25.9 Å². The van der Waals surface area contributed by atoms with Crippen LogP contribution in [0.5, 0.6) is 0 Å². The molecule has 2 aromatic carbocycles. The van der Waals surface area contributed by atoms with Crippen molar-refractivity contribution in [1.82, 2.24) is 0 Å². The maximum absolute atomic E-state index is 12.8. The number of fused-ring (bicyclic) bond motifs is 1. The van der Waals surface area contributed by atoms with Crippen molar-refractivity contribution in [3.05, 3.63) is 65.5 Å². The van der Waals surface area contributed by atoms with Crippen molar-refractivity contribution in [2.75, 3.05) is 24.6 Å². The van der Waals surface area contributed by atoms with Crippen molar-refractivity contribution in [3.63, 3.8) is 0 Å². The van der Waals surface area contributed by atoms with Crippen molar-refractivity contribution in [3.8, 4) is 0 Å². The monoisotopic (exact) mass is 335 g/mol. The lowest BCUT2D eigenvalue weighted by molar-refractivity contribution is 0.0502. The molecule has 0 radical (unpaired) electrons. The Bertz CT molecular complexity index is 660. The van der Waals surface area contributed by atoms with Crippen LogP contribution >= 0.6 is 12.4 Å². The van der Waals surface area contributed by atoms with Gasteiger partial charge in [-0.3, -0.25) is 0 Å². The molecule has 2 aromatic rings. The number of para-hydroxylation sites is 1. The highest BCUT2D eigenvalue weighted by atomic mass is 35.5. The zero-order valence-electron chi connectivity index (χ0n) is 12.7. The number of hydrogen-bond acceptors (Lipinski definition) is 3. The predicted octanol–water partition coefficient (Wildman–Crippen LogP) is 3.86. The van der Waals surface area contributed by atoms with Crippen LogP contribution in [0.3, 0.4) is 0 Å². The Labute approximate surface area is 141 Å². The fraction of sp³-hybridized carbons (Fsp3) is 0.278. The first-order valence-corrected chi connectivity index (χ1v) is 7.49. The third kappa shape index (κ3) is 4.23. The van der Waals surface area contributed by atoms with Crippen molar-refractivity contribution in [2.24, 2.45) is 0 Å². The van der Waals surface area contributed by atoms with Crippen LogP contribution in [0.4, 0.5) is 10.1 Å². The second-order valence-electron chi connectivity index (χ2n) is 5.36. The zero-order chi connectivity index (χ0) is 15.4. The molecule has 3 nitrogen and oxygen atoms in total. The van der Waals surface area contributed by atoms with E-state index in [4.69, 9.17) is 4.74 Å². The van der Waals surface area contributed by atoms with E-state index >= 15 is 0 Å². The number of ether oxygens (including phenoxy) is 1. The van der Waals surface area contributed by atoms with Gasteiger partial charge in [-0.05, 0) is 48.7 Å². The van der Waals surface area contributed by atoms with Gasteiger partial charge in [0.2, 0.25) is 0 Å². The molecular formula is C18H19ClFNO2. The van der Waals surface area contributed by atoms with Gasteiger partial charge in [0.25, 0.3) is 0 Å². The maximum atomic E-state index is 12.8. The minimum Gasteiger partial charge on any atom is -0.462 e. The molecule has 0 fully saturated rings. The fourth-order valence-corrected chi connectivity index (χ4v) is 2.73. The lowest BCUT2D eigenvalue weighted by Crippen LogP contribution is -2.23.